The summed E-state index contributed by atoms with van der Waals surface area (Å²) in [7, 11) is 0. The molecule has 0 fully saturated rings. The van der Waals surface area contributed by atoms with Crippen LogP contribution in [0.4, 0.5) is 0 Å². The van der Waals surface area contributed by atoms with Gasteiger partial charge in [0, 0.05) is 0 Å². The first-order chi connectivity index (χ1) is 19.0. The van der Waals surface area contributed by atoms with E-state index in [1.54, 1.807) is 0 Å². The van der Waals surface area contributed by atoms with Crippen molar-refractivity contribution < 1.29 is 18.9 Å². The van der Waals surface area contributed by atoms with E-state index >= 15 is 0 Å². The van der Waals surface area contributed by atoms with Crippen LogP contribution >= 0.6 is 0 Å². The van der Waals surface area contributed by atoms with Crippen molar-refractivity contribution in [2.24, 2.45) is 20.0 Å². The van der Waals surface area contributed by atoms with Crippen LogP contribution in [-0.2, 0) is 29.8 Å². The van der Waals surface area contributed by atoms with Gasteiger partial charge in [-0.2, -0.15) is 0 Å². The zero-order valence-electron chi connectivity index (χ0n) is 24.0. The fraction of sp³-hybridized carbons (Fsp3) is 0.500. The van der Waals surface area contributed by atoms with Crippen molar-refractivity contribution in [3.8, 4) is 0 Å². The molecule has 0 aliphatic carbocycles. The lowest BCUT2D eigenvalue weighted by Gasteiger charge is -2.23. The number of benzene rings is 2. The lowest BCUT2D eigenvalue weighted by Crippen LogP contribution is -2.14. The van der Waals surface area contributed by atoms with Gasteiger partial charge in [0.2, 0.25) is 0 Å². The van der Waals surface area contributed by atoms with Gasteiger partial charge >= 0.3 is 0 Å². The van der Waals surface area contributed by atoms with Crippen LogP contribution in [0.5, 0.6) is 0 Å². The Morgan fingerprint density at radius 3 is 0.925 bits per heavy atom. The minimum absolute atomic E-state index is 0.0455. The molecule has 0 amide bonds. The first-order valence-corrected chi connectivity index (χ1v) is 14.2. The van der Waals surface area contributed by atoms with Gasteiger partial charge in [-0.25, -0.2) is 20.0 Å². The van der Waals surface area contributed by atoms with Crippen LogP contribution in [0.2, 0.25) is 0 Å². The van der Waals surface area contributed by atoms with Crippen LogP contribution in [-0.4, -0.2) is 50.0 Å². The third-order valence-electron chi connectivity index (χ3n) is 8.20. The van der Waals surface area contributed by atoms with Gasteiger partial charge in [-0.1, -0.05) is 77.9 Å². The van der Waals surface area contributed by atoms with Crippen LogP contribution < -0.4 is 0 Å². The summed E-state index contributed by atoms with van der Waals surface area (Å²) in [5.41, 5.74) is 6.72. The van der Waals surface area contributed by atoms with Crippen LogP contribution in [0.1, 0.15) is 99.1 Å². The summed E-state index contributed by atoms with van der Waals surface area (Å²) >= 11 is 0. The topological polar surface area (TPSA) is 86.4 Å². The summed E-state index contributed by atoms with van der Waals surface area (Å²) in [4.78, 5) is 19.8. The van der Waals surface area contributed by atoms with E-state index < -0.39 is 0 Å². The summed E-state index contributed by atoms with van der Waals surface area (Å²) in [6.45, 7) is 15.1. The summed E-state index contributed by atoms with van der Waals surface area (Å²) < 4.78 is 24.3. The minimum Gasteiger partial charge on any atom is -0.471 e. The fourth-order valence-corrected chi connectivity index (χ4v) is 5.64. The maximum atomic E-state index is 6.08. The number of hydrogen-bond donors (Lipinski definition) is 0. The molecule has 208 valence electrons. The molecule has 0 N–H and O–H groups in total. The molecule has 40 heavy (non-hydrogen) atoms. The Morgan fingerprint density at radius 2 is 0.700 bits per heavy atom. The van der Waals surface area contributed by atoms with Crippen LogP contribution in [0.25, 0.3) is 0 Å². The van der Waals surface area contributed by atoms with Crippen LogP contribution in [0.3, 0.4) is 0 Å². The number of rotatable bonds is 0. The normalized spacial score (nSPS) is 26.8. The Bertz CT molecular complexity index is 1300. The molecule has 8 nitrogen and oxygen atoms in total. The van der Waals surface area contributed by atoms with Crippen molar-refractivity contribution in [3.05, 3.63) is 69.8 Å². The van der Waals surface area contributed by atoms with E-state index in [4.69, 9.17) is 38.9 Å². The van der Waals surface area contributed by atoms with Crippen LogP contribution in [0.15, 0.2) is 56.4 Å². The largest absolute Gasteiger partial charge is 0.471 e. The van der Waals surface area contributed by atoms with E-state index in [1.807, 2.05) is 0 Å². The van der Waals surface area contributed by atoms with Crippen molar-refractivity contribution in [2.75, 3.05) is 26.4 Å². The number of nitrogens with zero attached hydrogens (tertiary/aromatic N) is 4. The van der Waals surface area contributed by atoms with Crippen molar-refractivity contribution in [1.29, 1.82) is 0 Å². The quantitative estimate of drug-likeness (QED) is 0.418. The molecule has 2 aromatic rings. The highest BCUT2D eigenvalue weighted by Gasteiger charge is 2.35. The third-order valence-corrected chi connectivity index (χ3v) is 8.20. The second kappa shape index (κ2) is 8.91. The van der Waals surface area contributed by atoms with Gasteiger partial charge in [0.05, 0.1) is 0 Å². The molecule has 5 aliphatic rings. The summed E-state index contributed by atoms with van der Waals surface area (Å²) in [6, 6.07) is 12.7. The van der Waals surface area contributed by atoms with Crippen molar-refractivity contribution in [1.82, 2.24) is 0 Å². The zero-order valence-corrected chi connectivity index (χ0v) is 24.0. The fourth-order valence-electron chi connectivity index (χ4n) is 5.64. The Hall–Kier alpha value is -3.68. The lowest BCUT2D eigenvalue weighted by atomic mass is 9.83. The zero-order chi connectivity index (χ0) is 27.8. The van der Waals surface area contributed by atoms with E-state index in [9.17, 15) is 0 Å². The molecule has 0 saturated carbocycles. The maximum Gasteiger partial charge on any atom is 0.273 e. The molecule has 5 aliphatic heterocycles. The molecule has 0 radical (unpaired) electrons. The van der Waals surface area contributed by atoms with Gasteiger partial charge in [-0.05, 0) is 44.2 Å². The van der Waals surface area contributed by atoms with Gasteiger partial charge in [-0.15, -0.1) is 0 Å². The van der Waals surface area contributed by atoms with Gasteiger partial charge in [0.15, 0.2) is 0 Å². The Morgan fingerprint density at radius 1 is 0.450 bits per heavy atom. The summed E-state index contributed by atoms with van der Waals surface area (Å²) in [6.07, 6.45) is 0. The molecule has 4 atom stereocenters. The van der Waals surface area contributed by atoms with Crippen molar-refractivity contribution >= 4 is 23.6 Å². The average molecular weight is 541 g/mol. The molecule has 0 saturated heterocycles. The first kappa shape index (κ1) is 25.3. The van der Waals surface area contributed by atoms with E-state index in [-0.39, 0.29) is 35.0 Å². The highest BCUT2D eigenvalue weighted by atomic mass is 16.6. The molecule has 5 heterocycles. The number of ether oxygens (including phenoxy) is 4. The maximum absolute atomic E-state index is 6.08. The second-order valence-electron chi connectivity index (χ2n) is 13.3. The van der Waals surface area contributed by atoms with Crippen LogP contribution in [0, 0.1) is 0 Å². The highest BCUT2D eigenvalue weighted by molar-refractivity contribution is 6.36. The van der Waals surface area contributed by atoms with E-state index in [0.29, 0.717) is 50.0 Å². The van der Waals surface area contributed by atoms with Crippen molar-refractivity contribution in [2.45, 2.75) is 76.5 Å². The molecule has 8 heteroatoms. The Kier molecular flexibility index (Phi) is 5.64. The smallest absolute Gasteiger partial charge is 0.273 e. The summed E-state index contributed by atoms with van der Waals surface area (Å²) in [5, 5.41) is 0. The van der Waals surface area contributed by atoms with Gasteiger partial charge in [0.25, 0.3) is 23.6 Å². The SMILES string of the molecule is CC(C)(C)c1cc2cc(c1)C1COC(=N1)C1=NC(CO1)c1cc(cc(C(C)(C)C)c1)C1COC(=N1)C1=NC2CO1. The highest BCUT2D eigenvalue weighted by Crippen LogP contribution is 2.38. The Labute approximate surface area is 235 Å². The Balaban J connectivity index is 1.38. The molecule has 4 unspecified atom stereocenters. The standard InChI is InChI=1S/C32H36N4O4/c1-31(2,3)21-9-17-7-18(10-21)24-14-38-28(34-24)30-36-26(16-40-30)20-8-19(11-22(12-20)32(4,5)6)25-15-39-29(35-25)27-33-23(17)13-37-27/h7-12,23-26H,13-16H2,1-6H3. The molecule has 0 aromatic heterocycles. The van der Waals surface area contributed by atoms with Gasteiger partial charge < -0.3 is 18.9 Å². The first-order valence-electron chi connectivity index (χ1n) is 14.2. The predicted molar refractivity (Wildman–Crippen MR) is 155 cm³/mol. The lowest BCUT2D eigenvalue weighted by molar-refractivity contribution is 0.293. The van der Waals surface area contributed by atoms with Gasteiger partial charge in [-0.3, -0.25) is 0 Å². The van der Waals surface area contributed by atoms with E-state index in [1.165, 1.54) is 11.1 Å². The average Bonchev–Trinajstić information content (AvgIpc) is 3.72. The van der Waals surface area contributed by atoms with E-state index in [0.717, 1.165) is 22.3 Å². The summed E-state index contributed by atoms with van der Waals surface area (Å²) in [5.74, 6) is 1.91. The van der Waals surface area contributed by atoms with Gasteiger partial charge in [0.1, 0.15) is 50.6 Å². The van der Waals surface area contributed by atoms with E-state index in [2.05, 4.69) is 77.9 Å². The molecule has 0 spiro atoms. The minimum atomic E-state index is -0.148. The van der Waals surface area contributed by atoms with Crippen molar-refractivity contribution in [3.63, 3.8) is 0 Å². The predicted octanol–water partition coefficient (Wildman–Crippen LogP) is 5.87. The number of aliphatic imine (C=N–C) groups is 4. The number of fused-ring (bicyclic) bond motifs is 14. The number of hydrogen-bond acceptors (Lipinski definition) is 8. The molecular weight excluding hydrogens is 504 g/mol. The molecule has 12 bridgehead atoms. The molecular formula is C32H36N4O4. The monoisotopic (exact) mass is 540 g/mol. The molecule has 2 aromatic carbocycles. The third kappa shape index (κ3) is 4.47. The second-order valence-corrected chi connectivity index (χ2v) is 13.3. The molecule has 7 rings (SSSR count).